The fourth-order valence-electron chi connectivity index (χ4n) is 3.22. The first kappa shape index (κ1) is 15.7. The van der Waals surface area contributed by atoms with Crippen LogP contribution in [0.4, 0.5) is 5.69 Å². The summed E-state index contributed by atoms with van der Waals surface area (Å²) >= 11 is 3.54. The maximum Gasteiger partial charge on any atom is 0.122 e. The molecule has 2 nitrogen and oxygen atoms in total. The molecule has 2 rings (SSSR count). The molecule has 2 unspecified atom stereocenters. The Balaban J connectivity index is 1.94. The maximum atomic E-state index is 5.33. The lowest BCUT2D eigenvalue weighted by molar-refractivity contribution is 0.414. The highest BCUT2D eigenvalue weighted by Crippen LogP contribution is 2.30. The zero-order valence-corrected chi connectivity index (χ0v) is 14.2. The quantitative estimate of drug-likeness (QED) is 0.703. The summed E-state index contributed by atoms with van der Waals surface area (Å²) in [7, 11) is 1.71. The molecule has 1 aliphatic rings. The van der Waals surface area contributed by atoms with Crippen molar-refractivity contribution in [1.82, 2.24) is 0 Å². The van der Waals surface area contributed by atoms with Gasteiger partial charge in [-0.15, -0.1) is 0 Å². The molecule has 0 bridgehead atoms. The number of ether oxygens (including phenoxy) is 1. The molecule has 20 heavy (non-hydrogen) atoms. The Kier molecular flexibility index (Phi) is 6.21. The van der Waals surface area contributed by atoms with Crippen LogP contribution in [0.2, 0.25) is 0 Å². The molecule has 0 aliphatic heterocycles. The van der Waals surface area contributed by atoms with Gasteiger partial charge in [-0.25, -0.2) is 0 Å². The summed E-state index contributed by atoms with van der Waals surface area (Å²) < 4.78 is 6.40. The van der Waals surface area contributed by atoms with E-state index in [-0.39, 0.29) is 0 Å². The van der Waals surface area contributed by atoms with Gasteiger partial charge in [0.2, 0.25) is 0 Å². The number of halogens is 1. The van der Waals surface area contributed by atoms with Crippen molar-refractivity contribution >= 4 is 21.6 Å². The van der Waals surface area contributed by atoms with Crippen LogP contribution in [-0.4, -0.2) is 13.2 Å². The highest BCUT2D eigenvalue weighted by atomic mass is 79.9. The summed E-state index contributed by atoms with van der Waals surface area (Å²) in [4.78, 5) is 0. The molecule has 1 fully saturated rings. The molecule has 0 saturated heterocycles. The second kappa shape index (κ2) is 7.92. The molecular weight excluding hydrogens is 314 g/mol. The average molecular weight is 340 g/mol. The van der Waals surface area contributed by atoms with Gasteiger partial charge >= 0.3 is 0 Å². The second-order valence-corrected chi connectivity index (χ2v) is 6.80. The van der Waals surface area contributed by atoms with Crippen LogP contribution in [0.5, 0.6) is 5.75 Å². The van der Waals surface area contributed by atoms with E-state index in [4.69, 9.17) is 4.74 Å². The normalized spacial score (nSPS) is 23.1. The Morgan fingerprint density at radius 1 is 1.20 bits per heavy atom. The molecule has 112 valence electrons. The SMILES string of the molecule is CCCC1CCCC(Nc2cc(Br)cc(OC)c2)CC1. The van der Waals surface area contributed by atoms with E-state index in [0.717, 1.165) is 21.8 Å². The molecule has 3 heteroatoms. The Labute approximate surface area is 131 Å². The second-order valence-electron chi connectivity index (χ2n) is 5.88. The van der Waals surface area contributed by atoms with Gasteiger partial charge in [0.1, 0.15) is 5.75 Å². The van der Waals surface area contributed by atoms with E-state index < -0.39 is 0 Å². The third-order valence-electron chi connectivity index (χ3n) is 4.26. The summed E-state index contributed by atoms with van der Waals surface area (Å²) in [5.74, 6) is 1.85. The number of anilines is 1. The van der Waals surface area contributed by atoms with Crippen LogP contribution in [0.1, 0.15) is 51.9 Å². The van der Waals surface area contributed by atoms with Gasteiger partial charge in [0.15, 0.2) is 0 Å². The number of rotatable bonds is 5. The van der Waals surface area contributed by atoms with Gasteiger partial charge < -0.3 is 10.1 Å². The molecule has 1 aromatic rings. The summed E-state index contributed by atoms with van der Waals surface area (Å²) in [5.41, 5.74) is 1.16. The molecule has 0 aromatic heterocycles. The van der Waals surface area contributed by atoms with E-state index in [1.807, 2.05) is 6.07 Å². The summed E-state index contributed by atoms with van der Waals surface area (Å²) in [5, 5.41) is 3.69. The number of nitrogens with one attached hydrogen (secondary N) is 1. The number of benzene rings is 1. The molecule has 0 spiro atoms. The van der Waals surface area contributed by atoms with Crippen molar-refractivity contribution in [3.05, 3.63) is 22.7 Å². The van der Waals surface area contributed by atoms with Gasteiger partial charge in [0.25, 0.3) is 0 Å². The highest BCUT2D eigenvalue weighted by Gasteiger charge is 2.18. The van der Waals surface area contributed by atoms with Gasteiger partial charge in [0.05, 0.1) is 7.11 Å². The summed E-state index contributed by atoms with van der Waals surface area (Å²) in [6.45, 7) is 2.30. The number of hydrogen-bond donors (Lipinski definition) is 1. The van der Waals surface area contributed by atoms with Crippen LogP contribution in [0, 0.1) is 5.92 Å². The molecule has 0 radical (unpaired) electrons. The van der Waals surface area contributed by atoms with E-state index in [1.165, 1.54) is 44.9 Å². The molecule has 1 saturated carbocycles. The minimum Gasteiger partial charge on any atom is -0.497 e. The van der Waals surface area contributed by atoms with Gasteiger partial charge in [-0.2, -0.15) is 0 Å². The van der Waals surface area contributed by atoms with Crippen LogP contribution >= 0.6 is 15.9 Å². The Morgan fingerprint density at radius 2 is 2.05 bits per heavy atom. The molecule has 0 amide bonds. The van der Waals surface area contributed by atoms with Crippen molar-refractivity contribution < 1.29 is 4.74 Å². The van der Waals surface area contributed by atoms with Gasteiger partial charge in [-0.3, -0.25) is 0 Å². The Morgan fingerprint density at radius 3 is 2.80 bits per heavy atom. The standard InChI is InChI=1S/C17H26BrNO/c1-3-5-13-6-4-7-15(9-8-13)19-16-10-14(18)11-17(12-16)20-2/h10-13,15,19H,3-9H2,1-2H3. The Bertz CT molecular complexity index is 421. The van der Waals surface area contributed by atoms with E-state index >= 15 is 0 Å². The van der Waals surface area contributed by atoms with Crippen molar-refractivity contribution in [2.24, 2.45) is 5.92 Å². The van der Waals surface area contributed by atoms with Crippen molar-refractivity contribution in [3.8, 4) is 5.75 Å². The zero-order chi connectivity index (χ0) is 14.4. The fourth-order valence-corrected chi connectivity index (χ4v) is 3.69. The average Bonchev–Trinajstić information content (AvgIpc) is 2.64. The van der Waals surface area contributed by atoms with Gasteiger partial charge in [-0.05, 0) is 37.3 Å². The monoisotopic (exact) mass is 339 g/mol. The lowest BCUT2D eigenvalue weighted by atomic mass is 9.95. The van der Waals surface area contributed by atoms with Gasteiger partial charge in [-0.1, -0.05) is 48.5 Å². The lowest BCUT2D eigenvalue weighted by Gasteiger charge is -2.19. The zero-order valence-electron chi connectivity index (χ0n) is 12.6. The van der Waals surface area contributed by atoms with Crippen molar-refractivity contribution in [2.45, 2.75) is 57.9 Å². The largest absolute Gasteiger partial charge is 0.497 e. The van der Waals surface area contributed by atoms with E-state index in [9.17, 15) is 0 Å². The third-order valence-corrected chi connectivity index (χ3v) is 4.72. The molecule has 1 aromatic carbocycles. The molecule has 2 atom stereocenters. The summed E-state index contributed by atoms with van der Waals surface area (Å²) in [6.07, 6.45) is 9.44. The molecule has 1 N–H and O–H groups in total. The maximum absolute atomic E-state index is 5.33. The number of hydrogen-bond acceptors (Lipinski definition) is 2. The fraction of sp³-hybridized carbons (Fsp3) is 0.647. The topological polar surface area (TPSA) is 21.3 Å². The number of methoxy groups -OCH3 is 1. The first-order valence-electron chi connectivity index (χ1n) is 7.82. The minimum atomic E-state index is 0.607. The smallest absolute Gasteiger partial charge is 0.122 e. The predicted octanol–water partition coefficient (Wildman–Crippen LogP) is 5.62. The van der Waals surface area contributed by atoms with Crippen molar-refractivity contribution in [1.29, 1.82) is 0 Å². The first-order valence-corrected chi connectivity index (χ1v) is 8.61. The van der Waals surface area contributed by atoms with Gasteiger partial charge in [0, 0.05) is 22.3 Å². The molecular formula is C17H26BrNO. The van der Waals surface area contributed by atoms with Crippen molar-refractivity contribution in [2.75, 3.05) is 12.4 Å². The van der Waals surface area contributed by atoms with E-state index in [2.05, 4.69) is 40.3 Å². The van der Waals surface area contributed by atoms with Crippen LogP contribution in [-0.2, 0) is 0 Å². The van der Waals surface area contributed by atoms with Crippen LogP contribution < -0.4 is 10.1 Å². The predicted molar refractivity (Wildman–Crippen MR) is 89.6 cm³/mol. The molecule has 1 aliphatic carbocycles. The van der Waals surface area contributed by atoms with Crippen LogP contribution in [0.25, 0.3) is 0 Å². The molecule has 0 heterocycles. The lowest BCUT2D eigenvalue weighted by Crippen LogP contribution is -2.18. The van der Waals surface area contributed by atoms with E-state index in [0.29, 0.717) is 6.04 Å². The van der Waals surface area contributed by atoms with Crippen molar-refractivity contribution in [3.63, 3.8) is 0 Å². The highest BCUT2D eigenvalue weighted by molar-refractivity contribution is 9.10. The van der Waals surface area contributed by atoms with Crippen LogP contribution in [0.3, 0.4) is 0 Å². The summed E-state index contributed by atoms with van der Waals surface area (Å²) in [6, 6.07) is 6.82. The van der Waals surface area contributed by atoms with E-state index in [1.54, 1.807) is 7.11 Å². The van der Waals surface area contributed by atoms with Crippen LogP contribution in [0.15, 0.2) is 22.7 Å². The minimum absolute atomic E-state index is 0.607. The Hall–Kier alpha value is -0.700. The first-order chi connectivity index (χ1) is 9.71. The third kappa shape index (κ3) is 4.69.